The molecule has 1 N–H and O–H groups in total. The van der Waals surface area contributed by atoms with Crippen LogP contribution >= 0.6 is 0 Å². The molecule has 1 heterocycles. The summed E-state index contributed by atoms with van der Waals surface area (Å²) in [4.78, 5) is 14.2. The van der Waals surface area contributed by atoms with Gasteiger partial charge in [-0.05, 0) is 19.4 Å². The molecule has 1 atom stereocenters. The number of aryl methyl sites for hydroxylation is 1. The summed E-state index contributed by atoms with van der Waals surface area (Å²) in [5, 5.41) is 13.6. The minimum absolute atomic E-state index is 0.0850. The lowest BCUT2D eigenvalue weighted by Gasteiger charge is -2.13. The number of nitrogens with one attached hydrogen (secondary N) is 1. The van der Waals surface area contributed by atoms with Gasteiger partial charge in [-0.25, -0.2) is 13.4 Å². The Kier molecular flexibility index (Phi) is 4.23. The van der Waals surface area contributed by atoms with Crippen LogP contribution in [0, 0.1) is 17.0 Å². The molecular formula is C10H15N3O4S. The lowest BCUT2D eigenvalue weighted by Crippen LogP contribution is -2.25. The van der Waals surface area contributed by atoms with Crippen molar-refractivity contribution in [2.75, 3.05) is 17.3 Å². The van der Waals surface area contributed by atoms with E-state index in [1.54, 1.807) is 13.8 Å². The fourth-order valence-electron chi connectivity index (χ4n) is 1.53. The van der Waals surface area contributed by atoms with E-state index in [1.165, 1.54) is 12.3 Å². The zero-order chi connectivity index (χ0) is 13.9. The molecule has 0 amide bonds. The molecule has 1 unspecified atom stereocenters. The van der Waals surface area contributed by atoms with Gasteiger partial charge in [-0.15, -0.1) is 0 Å². The van der Waals surface area contributed by atoms with Gasteiger partial charge in [-0.3, -0.25) is 10.1 Å². The van der Waals surface area contributed by atoms with Crippen LogP contribution in [0.25, 0.3) is 0 Å². The summed E-state index contributed by atoms with van der Waals surface area (Å²) in [6.07, 6.45) is 2.60. The number of anilines is 1. The number of rotatable bonds is 5. The first-order valence-electron chi connectivity index (χ1n) is 5.24. The van der Waals surface area contributed by atoms with E-state index >= 15 is 0 Å². The second-order valence-electron chi connectivity index (χ2n) is 4.28. The van der Waals surface area contributed by atoms with Crippen LogP contribution < -0.4 is 5.32 Å². The van der Waals surface area contributed by atoms with E-state index in [2.05, 4.69) is 10.3 Å². The van der Waals surface area contributed by atoms with Crippen LogP contribution in [-0.2, 0) is 9.84 Å². The molecule has 0 radical (unpaired) electrons. The Hall–Kier alpha value is -1.70. The summed E-state index contributed by atoms with van der Waals surface area (Å²) in [5.41, 5.74) is 0.512. The van der Waals surface area contributed by atoms with Crippen molar-refractivity contribution in [3.05, 3.63) is 27.9 Å². The quantitative estimate of drug-likeness (QED) is 0.637. The standard InChI is InChI=1S/C10H15N3O4S/c1-7-4-9(13(14)15)10(11-5-7)12-8(2)6-18(3,16)17/h4-5,8H,6H2,1-3H3,(H,11,12). The normalized spacial score (nSPS) is 13.1. The first kappa shape index (κ1) is 14.4. The highest BCUT2D eigenvalue weighted by molar-refractivity contribution is 7.90. The smallest absolute Gasteiger partial charge is 0.311 e. The molecule has 1 rings (SSSR count). The lowest BCUT2D eigenvalue weighted by molar-refractivity contribution is -0.384. The highest BCUT2D eigenvalue weighted by atomic mass is 32.2. The van der Waals surface area contributed by atoms with Gasteiger partial charge in [-0.1, -0.05) is 0 Å². The Bertz CT molecular complexity index is 556. The molecule has 7 nitrogen and oxygen atoms in total. The number of nitrogens with zero attached hydrogens (tertiary/aromatic N) is 2. The highest BCUT2D eigenvalue weighted by Crippen LogP contribution is 2.23. The average Bonchev–Trinajstić information content (AvgIpc) is 2.17. The Morgan fingerprint density at radius 3 is 2.67 bits per heavy atom. The second-order valence-corrected chi connectivity index (χ2v) is 6.46. The van der Waals surface area contributed by atoms with E-state index in [9.17, 15) is 18.5 Å². The van der Waals surface area contributed by atoms with Crippen molar-refractivity contribution in [3.63, 3.8) is 0 Å². The molecule has 0 saturated carbocycles. The molecule has 1 aromatic heterocycles. The van der Waals surface area contributed by atoms with Gasteiger partial charge >= 0.3 is 5.69 Å². The number of hydrogen-bond acceptors (Lipinski definition) is 6. The first-order valence-corrected chi connectivity index (χ1v) is 7.30. The maximum Gasteiger partial charge on any atom is 0.311 e. The molecule has 100 valence electrons. The van der Waals surface area contributed by atoms with Gasteiger partial charge in [0.05, 0.1) is 10.7 Å². The van der Waals surface area contributed by atoms with Gasteiger partial charge < -0.3 is 5.32 Å². The molecule has 18 heavy (non-hydrogen) atoms. The van der Waals surface area contributed by atoms with Crippen molar-refractivity contribution in [3.8, 4) is 0 Å². The van der Waals surface area contributed by atoms with Gasteiger partial charge in [0.25, 0.3) is 0 Å². The number of aromatic nitrogens is 1. The fraction of sp³-hybridized carbons (Fsp3) is 0.500. The summed E-state index contributed by atoms with van der Waals surface area (Å²) >= 11 is 0. The summed E-state index contributed by atoms with van der Waals surface area (Å²) in [6, 6.07) is 0.941. The van der Waals surface area contributed by atoms with Crippen molar-refractivity contribution in [1.82, 2.24) is 4.98 Å². The molecule has 0 bridgehead atoms. The number of sulfone groups is 1. The van der Waals surface area contributed by atoms with Crippen LogP contribution in [-0.4, -0.2) is 36.4 Å². The van der Waals surface area contributed by atoms with Gasteiger partial charge in [0.1, 0.15) is 9.84 Å². The fourth-order valence-corrected chi connectivity index (χ4v) is 2.52. The van der Waals surface area contributed by atoms with E-state index in [4.69, 9.17) is 0 Å². The highest BCUT2D eigenvalue weighted by Gasteiger charge is 2.18. The van der Waals surface area contributed by atoms with Crippen LogP contribution in [0.4, 0.5) is 11.5 Å². The number of hydrogen-bond donors (Lipinski definition) is 1. The maximum atomic E-state index is 11.1. The van der Waals surface area contributed by atoms with Crippen LogP contribution in [0.5, 0.6) is 0 Å². The van der Waals surface area contributed by atoms with Crippen LogP contribution in [0.3, 0.4) is 0 Å². The van der Waals surface area contributed by atoms with Gasteiger partial charge in [-0.2, -0.15) is 0 Å². The molecular weight excluding hydrogens is 258 g/mol. The van der Waals surface area contributed by atoms with E-state index < -0.39 is 20.8 Å². The molecule has 0 aliphatic rings. The Morgan fingerprint density at radius 2 is 2.17 bits per heavy atom. The SMILES string of the molecule is Cc1cnc(NC(C)CS(C)(=O)=O)c([N+](=O)[O-])c1. The second kappa shape index (κ2) is 5.30. The summed E-state index contributed by atoms with van der Waals surface area (Å²) < 4.78 is 22.2. The third-order valence-corrected chi connectivity index (χ3v) is 3.24. The van der Waals surface area contributed by atoms with E-state index in [-0.39, 0.29) is 17.3 Å². The Labute approximate surface area is 105 Å². The minimum atomic E-state index is -3.14. The van der Waals surface area contributed by atoms with Crippen molar-refractivity contribution in [1.29, 1.82) is 0 Å². The van der Waals surface area contributed by atoms with Crippen molar-refractivity contribution >= 4 is 21.3 Å². The predicted molar refractivity (Wildman–Crippen MR) is 68.4 cm³/mol. The maximum absolute atomic E-state index is 11.1. The van der Waals surface area contributed by atoms with Crippen molar-refractivity contribution in [2.45, 2.75) is 19.9 Å². The zero-order valence-corrected chi connectivity index (χ0v) is 11.2. The van der Waals surface area contributed by atoms with Gasteiger partial charge in [0.15, 0.2) is 0 Å². The third-order valence-electron chi connectivity index (χ3n) is 2.14. The van der Waals surface area contributed by atoms with Crippen LogP contribution in [0.15, 0.2) is 12.3 Å². The first-order chi connectivity index (χ1) is 8.19. The Balaban J connectivity index is 2.94. The van der Waals surface area contributed by atoms with E-state index in [1.807, 2.05) is 0 Å². The van der Waals surface area contributed by atoms with Crippen molar-refractivity contribution < 1.29 is 13.3 Å². The summed E-state index contributed by atoms with van der Waals surface area (Å²) in [7, 11) is -3.14. The number of nitro groups is 1. The molecule has 1 aromatic rings. The molecule has 0 aromatic carbocycles. The lowest BCUT2D eigenvalue weighted by atomic mass is 10.2. The van der Waals surface area contributed by atoms with Crippen LogP contribution in [0.2, 0.25) is 0 Å². The van der Waals surface area contributed by atoms with Gasteiger partial charge in [0, 0.05) is 24.6 Å². The molecule has 0 saturated heterocycles. The monoisotopic (exact) mass is 273 g/mol. The molecule has 8 heteroatoms. The van der Waals surface area contributed by atoms with Crippen molar-refractivity contribution in [2.24, 2.45) is 0 Å². The molecule has 0 fully saturated rings. The average molecular weight is 273 g/mol. The summed E-state index contributed by atoms with van der Waals surface area (Å²) in [6.45, 7) is 3.33. The van der Waals surface area contributed by atoms with Crippen LogP contribution in [0.1, 0.15) is 12.5 Å². The third kappa shape index (κ3) is 4.28. The molecule has 0 spiro atoms. The Morgan fingerprint density at radius 1 is 1.56 bits per heavy atom. The predicted octanol–water partition coefficient (Wildman–Crippen LogP) is 1.14. The number of pyridine rings is 1. The molecule has 0 aliphatic carbocycles. The molecule has 0 aliphatic heterocycles. The van der Waals surface area contributed by atoms with E-state index in [0.717, 1.165) is 6.26 Å². The largest absolute Gasteiger partial charge is 0.361 e. The zero-order valence-electron chi connectivity index (χ0n) is 10.4. The topological polar surface area (TPSA) is 102 Å². The summed E-state index contributed by atoms with van der Waals surface area (Å²) in [5.74, 6) is -0.0264. The van der Waals surface area contributed by atoms with E-state index in [0.29, 0.717) is 5.56 Å². The van der Waals surface area contributed by atoms with Gasteiger partial charge in [0.2, 0.25) is 5.82 Å². The minimum Gasteiger partial charge on any atom is -0.361 e.